The van der Waals surface area contributed by atoms with Crippen molar-refractivity contribution in [3.8, 4) is 0 Å². The van der Waals surface area contributed by atoms with Crippen molar-refractivity contribution in [2.45, 2.75) is 255 Å². The molecule has 0 aromatic rings. The lowest BCUT2D eigenvalue weighted by atomic mass is 9.45. The van der Waals surface area contributed by atoms with Gasteiger partial charge >= 0.3 is 47.8 Å². The van der Waals surface area contributed by atoms with Crippen molar-refractivity contribution >= 4 is 47.8 Å². The van der Waals surface area contributed by atoms with E-state index in [9.17, 15) is 89.4 Å². The summed E-state index contributed by atoms with van der Waals surface area (Å²) < 4.78 is 41.6. The van der Waals surface area contributed by atoms with Crippen LogP contribution in [0.15, 0.2) is 49.6 Å². The fourth-order valence-electron chi connectivity index (χ4n) is 20.4. The summed E-state index contributed by atoms with van der Waals surface area (Å²) in [4.78, 5) is 93.2. The second-order valence-electron chi connectivity index (χ2n) is 30.9. The van der Waals surface area contributed by atoms with Gasteiger partial charge in [-0.25, -0.2) is 33.6 Å². The molecule has 0 heterocycles. The number of aliphatic hydroxyl groups is 10. The fourth-order valence-corrected chi connectivity index (χ4v) is 20.4. The van der Waals surface area contributed by atoms with Crippen LogP contribution in [0.4, 0.5) is 0 Å². The third-order valence-electron chi connectivity index (χ3n) is 23.0. The minimum absolute atomic E-state index is 0.132. The standard InChI is InChI=1S/2C17H24O7.C17H24O6.C16H22O6/c1-10(2)13(19)23-4-12(18)24-17-8-14(20)5-15(21,9-17)7-16(22,6-14)11(17)3;1-3-12(18)23-5-4-13(19)24-17-9-14(20)6-15(21,10-17)8-16(22,7-14)11(17)2;1-10(2)14(19)22-7-13(18)23-17-6-12-4-15(20,9-17)8-16(21,5-12)11(17)3;1-3-12(17)21-7-13(18)22-16-6-11-4-14(19,9-16)8-15(20,5-11)10(16)2/h11,20-22H,1,4-9H2,2-3H3;3,11,20-22H,1,4-10H2,2H3;11-12,20-21H,1,4-9H2,2-3H3;3,10-11,19-20H,1,4-9H2,2H3. The van der Waals surface area contributed by atoms with Crippen LogP contribution in [0.3, 0.4) is 0 Å². The first-order valence-electron chi connectivity index (χ1n) is 32.1. The summed E-state index contributed by atoms with van der Waals surface area (Å²) in [5.41, 5.74) is -15.1. The SMILES string of the molecule is C=C(C)C(=O)OCC(=O)OC12CC3(O)CC(O)(CC(O)(C3)C1C)C2.C=C(C)C(=O)OCC(=O)OC12CC3CC(O)(CC(O)(C3)C1C)C2.C=CC(=O)OCC(=O)OC12CC3CC(O)(CC(O)(C3)C1C)C2.C=CC(=O)OCCC(=O)OC12CC3(O)CC(O)(CC(O)(C3)C1C)C2. The topological polar surface area (TPSA) is 413 Å². The van der Waals surface area contributed by atoms with Gasteiger partial charge in [0.1, 0.15) is 29.0 Å². The van der Waals surface area contributed by atoms with Crippen LogP contribution in [0.1, 0.15) is 176 Å². The van der Waals surface area contributed by atoms with Crippen molar-refractivity contribution in [2.24, 2.45) is 35.5 Å². The molecule has 93 heavy (non-hydrogen) atoms. The van der Waals surface area contributed by atoms with Gasteiger partial charge in [0, 0.05) is 137 Å². The normalized spacial score (nSPS) is 45.2. The number of hydrogen-bond donors (Lipinski definition) is 10. The summed E-state index contributed by atoms with van der Waals surface area (Å²) in [6.45, 7) is 22.0. The van der Waals surface area contributed by atoms with Gasteiger partial charge in [0.05, 0.1) is 62.4 Å². The molecule has 16 aliphatic rings. The third kappa shape index (κ3) is 14.0. The van der Waals surface area contributed by atoms with Gasteiger partial charge in [0.2, 0.25) is 0 Å². The predicted octanol–water partition coefficient (Wildman–Crippen LogP) is 2.21. The molecular weight excluding hydrogens is 1220 g/mol. The van der Waals surface area contributed by atoms with Crippen molar-refractivity contribution < 1.29 is 127 Å². The van der Waals surface area contributed by atoms with Crippen LogP contribution in [0.2, 0.25) is 0 Å². The average molecular weight is 1320 g/mol. The van der Waals surface area contributed by atoms with E-state index in [1.165, 1.54) is 13.8 Å². The van der Waals surface area contributed by atoms with E-state index in [-0.39, 0.29) is 112 Å². The lowest BCUT2D eigenvalue weighted by Gasteiger charge is -2.67. The van der Waals surface area contributed by atoms with E-state index in [0.29, 0.717) is 64.2 Å². The highest BCUT2D eigenvalue weighted by Crippen LogP contribution is 2.68. The molecular formula is C67H94O26. The molecule has 0 aliphatic heterocycles. The Morgan fingerprint density at radius 1 is 0.366 bits per heavy atom. The van der Waals surface area contributed by atoms with E-state index in [1.807, 2.05) is 13.8 Å². The highest BCUT2D eigenvalue weighted by molar-refractivity contribution is 5.89. The van der Waals surface area contributed by atoms with Crippen LogP contribution in [-0.2, 0) is 76.3 Å². The van der Waals surface area contributed by atoms with Crippen molar-refractivity contribution in [1.29, 1.82) is 0 Å². The van der Waals surface area contributed by atoms with Gasteiger partial charge in [-0.3, -0.25) is 4.79 Å². The first kappa shape index (κ1) is 71.6. The summed E-state index contributed by atoms with van der Waals surface area (Å²) in [7, 11) is 0. The molecule has 16 fully saturated rings. The van der Waals surface area contributed by atoms with E-state index in [0.717, 1.165) is 12.2 Å². The zero-order valence-electron chi connectivity index (χ0n) is 54.1. The molecule has 16 rings (SSSR count). The number of hydrogen-bond acceptors (Lipinski definition) is 26. The molecule has 0 aromatic heterocycles. The molecule has 16 saturated carbocycles. The Bertz CT molecular complexity index is 3060. The molecule has 0 saturated heterocycles. The number of carbonyl (C=O) groups excluding carboxylic acids is 8. The van der Waals surface area contributed by atoms with Crippen molar-refractivity contribution in [1.82, 2.24) is 0 Å². The maximum Gasteiger partial charge on any atom is 0.344 e. The molecule has 10 N–H and O–H groups in total. The van der Waals surface area contributed by atoms with Crippen LogP contribution < -0.4 is 0 Å². The van der Waals surface area contributed by atoms with Crippen molar-refractivity contribution in [3.05, 3.63) is 49.6 Å². The molecule has 16 aliphatic carbocycles. The Balaban J connectivity index is 0.000000146. The lowest BCUT2D eigenvalue weighted by molar-refractivity contribution is -0.327. The Kier molecular flexibility index (Phi) is 18.6. The smallest absolute Gasteiger partial charge is 0.344 e. The van der Waals surface area contributed by atoms with Gasteiger partial charge < -0.3 is 89.0 Å². The molecule has 0 spiro atoms. The lowest BCUT2D eigenvalue weighted by Crippen LogP contribution is -2.76. The van der Waals surface area contributed by atoms with Gasteiger partial charge in [-0.15, -0.1) is 0 Å². The number of ether oxygens (including phenoxy) is 8. The van der Waals surface area contributed by atoms with Crippen molar-refractivity contribution in [2.75, 3.05) is 26.4 Å². The zero-order valence-corrected chi connectivity index (χ0v) is 54.1. The maximum absolute atomic E-state index is 12.2. The van der Waals surface area contributed by atoms with Crippen LogP contribution in [0, 0.1) is 35.5 Å². The largest absolute Gasteiger partial charge is 0.462 e. The minimum atomic E-state index is -1.28. The molecule has 0 amide bonds. The van der Waals surface area contributed by atoms with E-state index >= 15 is 0 Å². The molecule has 0 radical (unpaired) electrons. The summed E-state index contributed by atoms with van der Waals surface area (Å²) in [5, 5.41) is 108. The van der Waals surface area contributed by atoms with Crippen LogP contribution in [-0.4, -0.2) is 204 Å². The van der Waals surface area contributed by atoms with Gasteiger partial charge in [-0.05, 0) is 64.2 Å². The molecule has 16 unspecified atom stereocenters. The quantitative estimate of drug-likeness (QED) is 0.0567. The van der Waals surface area contributed by atoms with Gasteiger partial charge in [-0.1, -0.05) is 54.0 Å². The van der Waals surface area contributed by atoms with Gasteiger partial charge in [0.25, 0.3) is 0 Å². The van der Waals surface area contributed by atoms with E-state index in [1.54, 1.807) is 13.8 Å². The molecule has 518 valence electrons. The summed E-state index contributed by atoms with van der Waals surface area (Å²) in [6.07, 6.45) is 8.78. The minimum Gasteiger partial charge on any atom is -0.462 e. The van der Waals surface area contributed by atoms with Gasteiger partial charge in [-0.2, -0.15) is 0 Å². The van der Waals surface area contributed by atoms with E-state index in [4.69, 9.17) is 37.9 Å². The molecule has 0 aromatic carbocycles. The monoisotopic (exact) mass is 1310 g/mol. The molecule has 26 nitrogen and oxygen atoms in total. The van der Waals surface area contributed by atoms with E-state index < -0.39 is 158 Å². The highest BCUT2D eigenvalue weighted by Gasteiger charge is 2.75. The predicted molar refractivity (Wildman–Crippen MR) is 319 cm³/mol. The average Bonchev–Trinajstić information content (AvgIpc) is 0.710. The molecule has 16 bridgehead atoms. The van der Waals surface area contributed by atoms with Crippen molar-refractivity contribution in [3.63, 3.8) is 0 Å². The zero-order chi connectivity index (χ0) is 69.0. The highest BCUT2D eigenvalue weighted by atomic mass is 16.6. The first-order chi connectivity index (χ1) is 42.7. The van der Waals surface area contributed by atoms with E-state index in [2.05, 4.69) is 26.3 Å². The number of esters is 8. The number of rotatable bonds is 17. The first-order valence-corrected chi connectivity index (χ1v) is 32.1. The maximum atomic E-state index is 12.2. The molecule has 26 heteroatoms. The second-order valence-corrected chi connectivity index (χ2v) is 30.9. The van der Waals surface area contributed by atoms with Crippen LogP contribution in [0.25, 0.3) is 0 Å². The van der Waals surface area contributed by atoms with Crippen LogP contribution in [0.5, 0.6) is 0 Å². The van der Waals surface area contributed by atoms with Crippen LogP contribution >= 0.6 is 0 Å². The molecule has 16 atom stereocenters. The fraction of sp³-hybridized carbons (Fsp3) is 0.761. The number of carbonyl (C=O) groups is 8. The Labute approximate surface area is 539 Å². The summed E-state index contributed by atoms with van der Waals surface area (Å²) in [6, 6.07) is 0. The Morgan fingerprint density at radius 3 is 0.989 bits per heavy atom. The summed E-state index contributed by atoms with van der Waals surface area (Å²) in [5.74, 6) is -6.36. The van der Waals surface area contributed by atoms with Gasteiger partial charge in [0.15, 0.2) is 19.8 Å². The Hall–Kier alpha value is -5.68. The Morgan fingerprint density at radius 2 is 0.656 bits per heavy atom. The summed E-state index contributed by atoms with van der Waals surface area (Å²) >= 11 is 0. The third-order valence-corrected chi connectivity index (χ3v) is 23.0. The second kappa shape index (κ2) is 24.1.